The fourth-order valence-corrected chi connectivity index (χ4v) is 2.87. The Hall–Kier alpha value is -2.72. The molecule has 2 aromatic heterocycles. The van der Waals surface area contributed by atoms with Gasteiger partial charge in [0.2, 0.25) is 0 Å². The van der Waals surface area contributed by atoms with Gasteiger partial charge in [-0.3, -0.25) is 0 Å². The van der Waals surface area contributed by atoms with Crippen molar-refractivity contribution in [2.24, 2.45) is 0 Å². The van der Waals surface area contributed by atoms with Crippen LogP contribution in [0.2, 0.25) is 5.02 Å². The second-order valence-electron chi connectivity index (χ2n) is 5.17. The third kappa shape index (κ3) is 2.28. The molecule has 0 fully saturated rings. The van der Waals surface area contributed by atoms with E-state index in [9.17, 15) is 0 Å². The second-order valence-corrected chi connectivity index (χ2v) is 5.58. The predicted octanol–water partition coefficient (Wildman–Crippen LogP) is 4.49. The lowest BCUT2D eigenvalue weighted by Crippen LogP contribution is -2.00. The maximum Gasteiger partial charge on any atom is 0.198 e. The van der Waals surface area contributed by atoms with E-state index in [0.29, 0.717) is 17.2 Å². The first-order valence-corrected chi connectivity index (χ1v) is 7.64. The molecule has 0 spiro atoms. The number of halogens is 1. The molecule has 0 aliphatic rings. The van der Waals surface area contributed by atoms with Crippen LogP contribution in [-0.2, 0) is 6.54 Å². The number of benzene rings is 2. The number of fused-ring (bicyclic) bond motifs is 2. The number of rotatable bonds is 3. The Balaban J connectivity index is 2.07. The van der Waals surface area contributed by atoms with Crippen LogP contribution in [0.1, 0.15) is 0 Å². The Morgan fingerprint density at radius 3 is 2.39 bits per heavy atom. The highest BCUT2D eigenvalue weighted by Gasteiger charge is 2.16. The topological polar surface area (TPSA) is 43.6 Å². The van der Waals surface area contributed by atoms with Crippen LogP contribution in [-0.4, -0.2) is 19.5 Å². The number of nitrogens with zero attached hydrogens (tertiary/aromatic N) is 4. The van der Waals surface area contributed by atoms with E-state index < -0.39 is 0 Å². The maximum atomic E-state index is 6.34. The lowest BCUT2D eigenvalue weighted by molar-refractivity contribution is 0.851. The van der Waals surface area contributed by atoms with Gasteiger partial charge in [0.15, 0.2) is 11.3 Å². The largest absolute Gasteiger partial charge is 0.303 e. The maximum absolute atomic E-state index is 6.34. The van der Waals surface area contributed by atoms with E-state index in [2.05, 4.69) is 16.5 Å². The van der Waals surface area contributed by atoms with Crippen molar-refractivity contribution in [2.75, 3.05) is 0 Å². The third-order valence-electron chi connectivity index (χ3n) is 3.68. The zero-order valence-electron chi connectivity index (χ0n) is 12.3. The molecule has 0 amide bonds. The minimum atomic E-state index is 0.587. The first-order valence-electron chi connectivity index (χ1n) is 7.27. The number of hydrogen-bond acceptors (Lipinski definition) is 3. The van der Waals surface area contributed by atoms with Gasteiger partial charge in [0.25, 0.3) is 0 Å². The molecule has 0 aliphatic carbocycles. The predicted molar refractivity (Wildman–Crippen MR) is 93.5 cm³/mol. The summed E-state index contributed by atoms with van der Waals surface area (Å²) in [5, 5.41) is 0.651. The van der Waals surface area contributed by atoms with Gasteiger partial charge in [-0.2, -0.15) is 0 Å². The highest BCUT2D eigenvalue weighted by Crippen LogP contribution is 2.29. The van der Waals surface area contributed by atoms with Crippen molar-refractivity contribution in [3.8, 4) is 11.4 Å². The standard InChI is InChI=1S/C18H13ClN4/c1-2-11-23-17(12-7-3-4-8-13(12)19)22-16-18(23)21-15-10-6-5-9-14(15)20-16/h2-10H,1,11H2. The van der Waals surface area contributed by atoms with Crippen molar-refractivity contribution in [1.82, 2.24) is 19.5 Å². The minimum absolute atomic E-state index is 0.587. The molecular formula is C18H13ClN4. The molecule has 0 unspecified atom stereocenters. The lowest BCUT2D eigenvalue weighted by atomic mass is 10.2. The quantitative estimate of drug-likeness (QED) is 0.522. The van der Waals surface area contributed by atoms with Gasteiger partial charge in [0.1, 0.15) is 5.82 Å². The molecule has 5 heteroatoms. The molecule has 2 aromatic carbocycles. The molecule has 4 rings (SSSR count). The molecule has 0 aliphatic heterocycles. The highest BCUT2D eigenvalue weighted by molar-refractivity contribution is 6.33. The van der Waals surface area contributed by atoms with Crippen LogP contribution in [0.25, 0.3) is 33.7 Å². The fourth-order valence-electron chi connectivity index (χ4n) is 2.65. The van der Waals surface area contributed by atoms with Gasteiger partial charge in [-0.05, 0) is 24.3 Å². The molecule has 0 atom stereocenters. The molecule has 0 N–H and O–H groups in total. The molecule has 0 bridgehead atoms. The zero-order chi connectivity index (χ0) is 15.8. The van der Waals surface area contributed by atoms with Crippen LogP contribution in [0.15, 0.2) is 61.2 Å². The summed E-state index contributed by atoms with van der Waals surface area (Å²) in [7, 11) is 0. The summed E-state index contributed by atoms with van der Waals surface area (Å²) in [6.07, 6.45) is 1.82. The van der Waals surface area contributed by atoms with Gasteiger partial charge >= 0.3 is 0 Å². The molecule has 4 aromatic rings. The van der Waals surface area contributed by atoms with Crippen LogP contribution in [0.3, 0.4) is 0 Å². The number of allylic oxidation sites excluding steroid dienone is 1. The number of hydrogen-bond donors (Lipinski definition) is 0. The van der Waals surface area contributed by atoms with E-state index in [-0.39, 0.29) is 0 Å². The molecule has 112 valence electrons. The Labute approximate surface area is 138 Å². The van der Waals surface area contributed by atoms with Gasteiger partial charge in [0.05, 0.1) is 16.1 Å². The summed E-state index contributed by atoms with van der Waals surface area (Å²) >= 11 is 6.34. The van der Waals surface area contributed by atoms with Gasteiger partial charge in [-0.25, -0.2) is 15.0 Å². The van der Waals surface area contributed by atoms with Crippen molar-refractivity contribution < 1.29 is 0 Å². The van der Waals surface area contributed by atoms with E-state index in [1.54, 1.807) is 0 Å². The minimum Gasteiger partial charge on any atom is -0.303 e. The Morgan fingerprint density at radius 2 is 1.65 bits per heavy atom. The first-order chi connectivity index (χ1) is 11.3. The van der Waals surface area contributed by atoms with Crippen LogP contribution < -0.4 is 0 Å². The molecular weight excluding hydrogens is 308 g/mol. The van der Waals surface area contributed by atoms with Crippen molar-refractivity contribution in [2.45, 2.75) is 6.54 Å². The van der Waals surface area contributed by atoms with Crippen LogP contribution in [0.4, 0.5) is 0 Å². The normalized spacial score (nSPS) is 11.2. The third-order valence-corrected chi connectivity index (χ3v) is 4.01. The summed E-state index contributed by atoms with van der Waals surface area (Å²) < 4.78 is 1.99. The highest BCUT2D eigenvalue weighted by atomic mass is 35.5. The van der Waals surface area contributed by atoms with E-state index in [4.69, 9.17) is 16.6 Å². The van der Waals surface area contributed by atoms with Crippen LogP contribution in [0, 0.1) is 0 Å². The molecule has 2 heterocycles. The van der Waals surface area contributed by atoms with Crippen LogP contribution in [0.5, 0.6) is 0 Å². The van der Waals surface area contributed by atoms with E-state index in [1.807, 2.05) is 59.2 Å². The van der Waals surface area contributed by atoms with Gasteiger partial charge in [-0.1, -0.05) is 41.9 Å². The van der Waals surface area contributed by atoms with Gasteiger partial charge in [0, 0.05) is 12.1 Å². The lowest BCUT2D eigenvalue weighted by Gasteiger charge is -2.07. The average Bonchev–Trinajstić information content (AvgIpc) is 2.91. The van der Waals surface area contributed by atoms with Gasteiger partial charge in [-0.15, -0.1) is 6.58 Å². The summed E-state index contributed by atoms with van der Waals surface area (Å²) in [6.45, 7) is 4.42. The van der Waals surface area contributed by atoms with Crippen LogP contribution >= 0.6 is 11.6 Å². The SMILES string of the molecule is C=CCn1c(-c2ccccc2Cl)nc2nc3ccccc3nc21. The monoisotopic (exact) mass is 320 g/mol. The molecule has 23 heavy (non-hydrogen) atoms. The number of para-hydroxylation sites is 2. The van der Waals surface area contributed by atoms with E-state index in [1.165, 1.54) is 0 Å². The van der Waals surface area contributed by atoms with Crippen molar-refractivity contribution in [1.29, 1.82) is 0 Å². The molecule has 4 nitrogen and oxygen atoms in total. The average molecular weight is 321 g/mol. The fraction of sp³-hybridized carbons (Fsp3) is 0.0556. The Kier molecular flexibility index (Phi) is 3.32. The summed E-state index contributed by atoms with van der Waals surface area (Å²) in [6, 6.07) is 15.4. The number of imidazole rings is 1. The second kappa shape index (κ2) is 5.48. The van der Waals surface area contributed by atoms with Crippen molar-refractivity contribution in [3.63, 3.8) is 0 Å². The summed E-state index contributed by atoms with van der Waals surface area (Å²) in [5.41, 5.74) is 3.88. The van der Waals surface area contributed by atoms with E-state index in [0.717, 1.165) is 28.1 Å². The molecule has 0 saturated heterocycles. The van der Waals surface area contributed by atoms with E-state index >= 15 is 0 Å². The smallest absolute Gasteiger partial charge is 0.198 e. The first kappa shape index (κ1) is 13.9. The van der Waals surface area contributed by atoms with Gasteiger partial charge < -0.3 is 4.57 Å². The zero-order valence-corrected chi connectivity index (χ0v) is 13.0. The molecule has 0 saturated carbocycles. The Bertz CT molecular complexity index is 1040. The summed E-state index contributed by atoms with van der Waals surface area (Å²) in [5.74, 6) is 0.751. The number of aromatic nitrogens is 4. The molecule has 0 radical (unpaired) electrons. The Morgan fingerprint density at radius 1 is 0.957 bits per heavy atom. The van der Waals surface area contributed by atoms with Crippen molar-refractivity contribution in [3.05, 3.63) is 66.2 Å². The van der Waals surface area contributed by atoms with Crippen molar-refractivity contribution >= 4 is 33.9 Å². The summed E-state index contributed by atoms with van der Waals surface area (Å²) in [4.78, 5) is 14.0.